The Morgan fingerprint density at radius 2 is 2.17 bits per heavy atom. The van der Waals surface area contributed by atoms with Gasteiger partial charge in [0, 0.05) is 0 Å². The van der Waals surface area contributed by atoms with E-state index >= 15 is 0 Å². The zero-order valence-electron chi connectivity index (χ0n) is 12.9. The highest BCUT2D eigenvalue weighted by atomic mass is 16.5. The summed E-state index contributed by atoms with van der Waals surface area (Å²) < 4.78 is 17.4. The lowest BCUT2D eigenvalue weighted by Gasteiger charge is -2.08. The number of aromatic nitrogens is 4. The number of nitrogens with zero attached hydrogens (tertiary/aromatic N) is 4. The maximum Gasteiger partial charge on any atom is 0.362 e. The summed E-state index contributed by atoms with van der Waals surface area (Å²) in [5.41, 5.74) is 1.06. The molecule has 3 aromatic rings. The number of hydrogen-bond donors (Lipinski definition) is 0. The second kappa shape index (κ2) is 6.47. The molecule has 23 heavy (non-hydrogen) atoms. The van der Waals surface area contributed by atoms with E-state index in [0.29, 0.717) is 24.3 Å². The fraction of sp³-hybridized carbons (Fsp3) is 0.333. The molecule has 0 N–H and O–H groups in total. The van der Waals surface area contributed by atoms with E-state index in [0.717, 1.165) is 5.76 Å². The van der Waals surface area contributed by atoms with Crippen molar-refractivity contribution in [1.82, 2.24) is 19.7 Å². The van der Waals surface area contributed by atoms with Crippen LogP contribution in [0.5, 0.6) is 5.88 Å². The SMILES string of the molecule is CCOC(=O)c1nc2cnn(Cc3ccco3)c2nc1OCC. The van der Waals surface area contributed by atoms with Crippen molar-refractivity contribution in [2.45, 2.75) is 20.4 Å². The van der Waals surface area contributed by atoms with E-state index in [9.17, 15) is 4.79 Å². The molecule has 120 valence electrons. The molecule has 3 heterocycles. The van der Waals surface area contributed by atoms with Crippen LogP contribution in [-0.4, -0.2) is 38.9 Å². The lowest BCUT2D eigenvalue weighted by atomic mass is 10.4. The Kier molecular flexibility index (Phi) is 4.22. The largest absolute Gasteiger partial charge is 0.476 e. The number of furan rings is 1. The van der Waals surface area contributed by atoms with Crippen molar-refractivity contribution in [2.75, 3.05) is 13.2 Å². The minimum Gasteiger partial charge on any atom is -0.476 e. The molecule has 0 bridgehead atoms. The van der Waals surface area contributed by atoms with Gasteiger partial charge >= 0.3 is 5.97 Å². The van der Waals surface area contributed by atoms with Crippen molar-refractivity contribution in [3.8, 4) is 5.88 Å². The molecule has 0 spiro atoms. The molecule has 0 aliphatic heterocycles. The Bertz CT molecular complexity index is 810. The second-order valence-corrected chi connectivity index (χ2v) is 4.62. The van der Waals surface area contributed by atoms with Crippen LogP contribution in [-0.2, 0) is 11.3 Å². The van der Waals surface area contributed by atoms with Gasteiger partial charge in [-0.3, -0.25) is 0 Å². The summed E-state index contributed by atoms with van der Waals surface area (Å²) in [6.07, 6.45) is 3.14. The molecule has 0 amide bonds. The molecule has 8 nitrogen and oxygen atoms in total. The fourth-order valence-corrected chi connectivity index (χ4v) is 2.12. The van der Waals surface area contributed by atoms with Gasteiger partial charge in [0.25, 0.3) is 0 Å². The number of rotatable bonds is 6. The second-order valence-electron chi connectivity index (χ2n) is 4.62. The maximum absolute atomic E-state index is 12.0. The standard InChI is InChI=1S/C15H16N4O4/c1-3-21-14-12(15(20)22-4-2)17-11-8-16-19(13(11)18-14)9-10-6-5-7-23-10/h5-8H,3-4,9H2,1-2H3. The Morgan fingerprint density at radius 1 is 1.30 bits per heavy atom. The van der Waals surface area contributed by atoms with Gasteiger partial charge in [0.2, 0.25) is 11.6 Å². The summed E-state index contributed by atoms with van der Waals surface area (Å²) >= 11 is 0. The fourth-order valence-electron chi connectivity index (χ4n) is 2.12. The first kappa shape index (κ1) is 15.0. The number of carbonyl (C=O) groups is 1. The van der Waals surface area contributed by atoms with Crippen LogP contribution in [0.4, 0.5) is 0 Å². The first-order valence-corrected chi connectivity index (χ1v) is 7.28. The zero-order chi connectivity index (χ0) is 16.2. The van der Waals surface area contributed by atoms with Crippen molar-refractivity contribution < 1.29 is 18.7 Å². The van der Waals surface area contributed by atoms with E-state index in [-0.39, 0.29) is 18.2 Å². The van der Waals surface area contributed by atoms with Crippen molar-refractivity contribution in [2.24, 2.45) is 0 Å². The van der Waals surface area contributed by atoms with Crippen molar-refractivity contribution >= 4 is 17.1 Å². The summed E-state index contributed by atoms with van der Waals surface area (Å²) in [6, 6.07) is 3.65. The Balaban J connectivity index is 2.03. The number of ether oxygens (including phenoxy) is 2. The molecule has 0 saturated carbocycles. The monoisotopic (exact) mass is 316 g/mol. The minimum atomic E-state index is -0.566. The van der Waals surface area contributed by atoms with Gasteiger partial charge in [-0.1, -0.05) is 0 Å². The lowest BCUT2D eigenvalue weighted by Crippen LogP contribution is -2.12. The average Bonchev–Trinajstić information content (AvgIpc) is 3.18. The van der Waals surface area contributed by atoms with Crippen LogP contribution >= 0.6 is 0 Å². The van der Waals surface area contributed by atoms with Crippen LogP contribution < -0.4 is 4.74 Å². The predicted octanol–water partition coefficient (Wildman–Crippen LogP) is 2.04. The van der Waals surface area contributed by atoms with Crippen LogP contribution in [0.3, 0.4) is 0 Å². The third kappa shape index (κ3) is 3.01. The zero-order valence-corrected chi connectivity index (χ0v) is 12.9. The molecule has 3 rings (SSSR count). The predicted molar refractivity (Wildman–Crippen MR) is 80.3 cm³/mol. The van der Waals surface area contributed by atoms with E-state index < -0.39 is 5.97 Å². The molecule has 0 aromatic carbocycles. The molecule has 0 aliphatic rings. The van der Waals surface area contributed by atoms with Crippen LogP contribution in [0.15, 0.2) is 29.0 Å². The van der Waals surface area contributed by atoms with E-state index in [1.165, 1.54) is 0 Å². The molecule has 0 unspecified atom stereocenters. The maximum atomic E-state index is 12.0. The van der Waals surface area contributed by atoms with Crippen LogP contribution in [0.2, 0.25) is 0 Å². The highest BCUT2D eigenvalue weighted by Gasteiger charge is 2.21. The highest BCUT2D eigenvalue weighted by Crippen LogP contribution is 2.20. The van der Waals surface area contributed by atoms with Gasteiger partial charge < -0.3 is 13.9 Å². The van der Waals surface area contributed by atoms with Gasteiger partial charge in [0.15, 0.2) is 5.65 Å². The van der Waals surface area contributed by atoms with Gasteiger partial charge in [0.05, 0.1) is 25.7 Å². The van der Waals surface area contributed by atoms with Gasteiger partial charge in [-0.15, -0.1) is 0 Å². The van der Waals surface area contributed by atoms with Crippen LogP contribution in [0, 0.1) is 0 Å². The van der Waals surface area contributed by atoms with E-state index in [2.05, 4.69) is 15.1 Å². The molecule has 0 fully saturated rings. The molecular formula is C15H16N4O4. The quantitative estimate of drug-likeness (QED) is 0.642. The van der Waals surface area contributed by atoms with Gasteiger partial charge in [-0.25, -0.2) is 14.5 Å². The van der Waals surface area contributed by atoms with Gasteiger partial charge in [0.1, 0.15) is 17.8 Å². The summed E-state index contributed by atoms with van der Waals surface area (Å²) in [5, 5.41) is 4.24. The third-order valence-corrected chi connectivity index (χ3v) is 3.07. The Morgan fingerprint density at radius 3 is 2.87 bits per heavy atom. The minimum absolute atomic E-state index is 0.0544. The van der Waals surface area contributed by atoms with Crippen LogP contribution in [0.1, 0.15) is 30.1 Å². The van der Waals surface area contributed by atoms with Crippen LogP contribution in [0.25, 0.3) is 11.2 Å². The Labute approximate surface area is 132 Å². The number of esters is 1. The van der Waals surface area contributed by atoms with Crippen molar-refractivity contribution in [1.29, 1.82) is 0 Å². The summed E-state index contributed by atoms with van der Waals surface area (Å²) in [5.74, 6) is 0.313. The Hall–Kier alpha value is -2.90. The summed E-state index contributed by atoms with van der Waals surface area (Å²) in [7, 11) is 0. The van der Waals surface area contributed by atoms with Crippen molar-refractivity contribution in [3.63, 3.8) is 0 Å². The molecule has 0 saturated heterocycles. The normalized spacial score (nSPS) is 10.9. The molecule has 0 aliphatic carbocycles. The number of hydrogen-bond acceptors (Lipinski definition) is 7. The van der Waals surface area contributed by atoms with Crippen molar-refractivity contribution in [3.05, 3.63) is 36.0 Å². The first-order valence-electron chi connectivity index (χ1n) is 7.28. The molecule has 3 aromatic heterocycles. The number of carbonyl (C=O) groups excluding carboxylic acids is 1. The molecule has 0 radical (unpaired) electrons. The molecule has 0 atom stereocenters. The molecule has 8 heteroatoms. The number of fused-ring (bicyclic) bond motifs is 1. The first-order chi connectivity index (χ1) is 11.2. The summed E-state index contributed by atoms with van der Waals surface area (Å²) in [4.78, 5) is 20.7. The summed E-state index contributed by atoms with van der Waals surface area (Å²) in [6.45, 7) is 4.56. The highest BCUT2D eigenvalue weighted by molar-refractivity contribution is 5.91. The average molecular weight is 316 g/mol. The van der Waals surface area contributed by atoms with Gasteiger partial charge in [-0.05, 0) is 26.0 Å². The molecular weight excluding hydrogens is 300 g/mol. The van der Waals surface area contributed by atoms with E-state index in [4.69, 9.17) is 13.9 Å². The smallest absolute Gasteiger partial charge is 0.362 e. The van der Waals surface area contributed by atoms with E-state index in [1.807, 2.05) is 6.07 Å². The topological polar surface area (TPSA) is 92.3 Å². The third-order valence-electron chi connectivity index (χ3n) is 3.07. The van der Waals surface area contributed by atoms with Gasteiger partial charge in [-0.2, -0.15) is 10.1 Å². The lowest BCUT2D eigenvalue weighted by molar-refractivity contribution is 0.0514. The van der Waals surface area contributed by atoms with E-state index in [1.54, 1.807) is 37.1 Å².